The Morgan fingerprint density at radius 2 is 2.17 bits per heavy atom. The SMILES string of the molecule is N#Cc1ccc(NC(=O)Nc2cn[nH]c2)cc1Cl. The minimum atomic E-state index is -0.419. The fourth-order valence-electron chi connectivity index (χ4n) is 1.30. The van der Waals surface area contributed by atoms with E-state index >= 15 is 0 Å². The van der Waals surface area contributed by atoms with E-state index in [0.717, 1.165) is 0 Å². The largest absolute Gasteiger partial charge is 0.323 e. The standard InChI is InChI=1S/C11H8ClN5O/c12-10-3-8(2-1-7(10)4-13)16-11(18)17-9-5-14-15-6-9/h1-3,5-6H,(H,14,15)(H2,16,17,18). The van der Waals surface area contributed by atoms with E-state index in [4.69, 9.17) is 16.9 Å². The predicted octanol–water partition coefficient (Wildman–Crippen LogP) is 2.58. The fraction of sp³-hybridized carbons (Fsp3) is 0. The zero-order chi connectivity index (χ0) is 13.0. The van der Waals surface area contributed by atoms with Gasteiger partial charge in [0.2, 0.25) is 0 Å². The van der Waals surface area contributed by atoms with Gasteiger partial charge in [-0.2, -0.15) is 10.4 Å². The molecule has 0 aliphatic rings. The van der Waals surface area contributed by atoms with Crippen molar-refractivity contribution in [2.24, 2.45) is 0 Å². The number of carbonyl (C=O) groups excluding carboxylic acids is 1. The van der Waals surface area contributed by atoms with Crippen molar-refractivity contribution in [2.75, 3.05) is 10.6 Å². The Morgan fingerprint density at radius 1 is 1.39 bits per heavy atom. The molecule has 0 unspecified atom stereocenters. The summed E-state index contributed by atoms with van der Waals surface area (Å²) in [5.41, 5.74) is 1.41. The van der Waals surface area contributed by atoms with Gasteiger partial charge in [-0.3, -0.25) is 5.10 Å². The number of urea groups is 1. The molecule has 7 heteroatoms. The highest BCUT2D eigenvalue weighted by atomic mass is 35.5. The lowest BCUT2D eigenvalue weighted by Crippen LogP contribution is -2.19. The maximum Gasteiger partial charge on any atom is 0.323 e. The number of hydrogen-bond acceptors (Lipinski definition) is 3. The van der Waals surface area contributed by atoms with Crippen LogP contribution in [-0.4, -0.2) is 16.2 Å². The van der Waals surface area contributed by atoms with Crippen molar-refractivity contribution < 1.29 is 4.79 Å². The Bertz CT molecular complexity index is 602. The van der Waals surface area contributed by atoms with Crippen molar-refractivity contribution in [2.45, 2.75) is 0 Å². The quantitative estimate of drug-likeness (QED) is 0.775. The van der Waals surface area contributed by atoms with Crippen molar-refractivity contribution in [3.8, 4) is 6.07 Å². The number of rotatable bonds is 2. The predicted molar refractivity (Wildman–Crippen MR) is 67.4 cm³/mol. The highest BCUT2D eigenvalue weighted by molar-refractivity contribution is 6.32. The Hall–Kier alpha value is -2.52. The van der Waals surface area contributed by atoms with Crippen molar-refractivity contribution in [3.05, 3.63) is 41.2 Å². The van der Waals surface area contributed by atoms with Gasteiger partial charge in [0, 0.05) is 11.9 Å². The summed E-state index contributed by atoms with van der Waals surface area (Å²) in [7, 11) is 0. The summed E-state index contributed by atoms with van der Waals surface area (Å²) >= 11 is 5.85. The van der Waals surface area contributed by atoms with Gasteiger partial charge >= 0.3 is 6.03 Å². The van der Waals surface area contributed by atoms with Crippen LogP contribution >= 0.6 is 11.6 Å². The number of carbonyl (C=O) groups is 1. The van der Waals surface area contributed by atoms with Crippen molar-refractivity contribution in [1.29, 1.82) is 5.26 Å². The molecule has 0 saturated carbocycles. The van der Waals surface area contributed by atoms with E-state index in [1.807, 2.05) is 6.07 Å². The summed E-state index contributed by atoms with van der Waals surface area (Å²) < 4.78 is 0. The van der Waals surface area contributed by atoms with Crippen LogP contribution in [0.25, 0.3) is 0 Å². The van der Waals surface area contributed by atoms with Gasteiger partial charge in [-0.1, -0.05) is 11.6 Å². The number of hydrogen-bond donors (Lipinski definition) is 3. The maximum absolute atomic E-state index is 11.6. The number of amides is 2. The molecule has 2 amide bonds. The molecule has 0 spiro atoms. The Kier molecular flexibility index (Phi) is 3.46. The minimum absolute atomic E-state index is 0.290. The van der Waals surface area contributed by atoms with Gasteiger partial charge in [-0.05, 0) is 18.2 Å². The first-order valence-electron chi connectivity index (χ1n) is 4.95. The molecule has 1 heterocycles. The third-order valence-electron chi connectivity index (χ3n) is 2.10. The number of H-pyrrole nitrogens is 1. The zero-order valence-electron chi connectivity index (χ0n) is 9.07. The number of nitriles is 1. The number of aromatic amines is 1. The van der Waals surface area contributed by atoms with Crippen LogP contribution in [0.2, 0.25) is 5.02 Å². The first-order chi connectivity index (χ1) is 8.69. The summed E-state index contributed by atoms with van der Waals surface area (Å²) in [5, 5.41) is 20.4. The van der Waals surface area contributed by atoms with Crippen LogP contribution in [0.5, 0.6) is 0 Å². The van der Waals surface area contributed by atoms with Crippen LogP contribution in [0.1, 0.15) is 5.56 Å². The highest BCUT2D eigenvalue weighted by Crippen LogP contribution is 2.20. The van der Waals surface area contributed by atoms with Gasteiger partial charge in [0.25, 0.3) is 0 Å². The molecule has 2 aromatic rings. The van der Waals surface area contributed by atoms with Gasteiger partial charge in [0.05, 0.1) is 22.5 Å². The summed E-state index contributed by atoms with van der Waals surface area (Å²) in [6.07, 6.45) is 3.02. The molecule has 0 fully saturated rings. The Morgan fingerprint density at radius 3 is 2.78 bits per heavy atom. The van der Waals surface area contributed by atoms with Gasteiger partial charge < -0.3 is 10.6 Å². The molecule has 0 atom stereocenters. The highest BCUT2D eigenvalue weighted by Gasteiger charge is 2.05. The maximum atomic E-state index is 11.6. The van der Waals surface area contributed by atoms with E-state index in [9.17, 15) is 4.79 Å². The summed E-state index contributed by atoms with van der Waals surface area (Å²) in [6, 6.07) is 6.16. The molecule has 0 bridgehead atoms. The van der Waals surface area contributed by atoms with Crippen LogP contribution in [0, 0.1) is 11.3 Å². The topological polar surface area (TPSA) is 93.6 Å². The lowest BCUT2D eigenvalue weighted by molar-refractivity contribution is 0.262. The van der Waals surface area contributed by atoms with E-state index < -0.39 is 6.03 Å². The zero-order valence-corrected chi connectivity index (χ0v) is 9.82. The molecule has 2 rings (SSSR count). The summed E-state index contributed by atoms with van der Waals surface area (Å²) in [4.78, 5) is 11.6. The third-order valence-corrected chi connectivity index (χ3v) is 2.42. The van der Waals surface area contributed by atoms with Gasteiger partial charge in [-0.25, -0.2) is 4.79 Å². The molecule has 18 heavy (non-hydrogen) atoms. The lowest BCUT2D eigenvalue weighted by Gasteiger charge is -2.06. The van der Waals surface area contributed by atoms with E-state index in [2.05, 4.69) is 20.8 Å². The molecule has 0 aliphatic heterocycles. The second-order valence-corrected chi connectivity index (χ2v) is 3.78. The summed E-state index contributed by atoms with van der Waals surface area (Å²) in [5.74, 6) is 0. The molecule has 0 saturated heterocycles. The van der Waals surface area contributed by atoms with E-state index in [-0.39, 0.29) is 0 Å². The normalized spacial score (nSPS) is 9.56. The van der Waals surface area contributed by atoms with Crippen LogP contribution in [0.15, 0.2) is 30.6 Å². The van der Waals surface area contributed by atoms with Crippen molar-refractivity contribution in [3.63, 3.8) is 0 Å². The molecule has 1 aromatic carbocycles. The second kappa shape index (κ2) is 5.21. The molecule has 0 radical (unpaired) electrons. The smallest absolute Gasteiger partial charge is 0.308 e. The van der Waals surface area contributed by atoms with E-state index in [1.54, 1.807) is 12.3 Å². The lowest BCUT2D eigenvalue weighted by atomic mass is 10.2. The average Bonchev–Trinajstić information content (AvgIpc) is 2.82. The number of halogens is 1. The van der Waals surface area contributed by atoms with E-state index in [1.165, 1.54) is 18.3 Å². The first-order valence-corrected chi connectivity index (χ1v) is 5.33. The molecular weight excluding hydrogens is 254 g/mol. The van der Waals surface area contributed by atoms with Crippen LogP contribution in [0.3, 0.4) is 0 Å². The number of aromatic nitrogens is 2. The van der Waals surface area contributed by atoms with Crippen LogP contribution < -0.4 is 10.6 Å². The molecule has 0 aliphatic carbocycles. The third kappa shape index (κ3) is 2.78. The summed E-state index contributed by atoms with van der Waals surface area (Å²) in [6.45, 7) is 0. The first kappa shape index (κ1) is 12.0. The van der Waals surface area contributed by atoms with Crippen molar-refractivity contribution >= 4 is 29.0 Å². The molecule has 6 nitrogen and oxygen atoms in total. The second-order valence-electron chi connectivity index (χ2n) is 3.37. The average molecular weight is 262 g/mol. The van der Waals surface area contributed by atoms with Gasteiger partial charge in [0.1, 0.15) is 6.07 Å². The molecular formula is C11H8ClN5O. The van der Waals surface area contributed by atoms with Crippen LogP contribution in [-0.2, 0) is 0 Å². The minimum Gasteiger partial charge on any atom is -0.308 e. The van der Waals surface area contributed by atoms with Crippen LogP contribution in [0.4, 0.5) is 16.2 Å². The monoisotopic (exact) mass is 261 g/mol. The molecule has 3 N–H and O–H groups in total. The van der Waals surface area contributed by atoms with E-state index in [0.29, 0.717) is 22.0 Å². The van der Waals surface area contributed by atoms with Gasteiger partial charge in [0.15, 0.2) is 0 Å². The molecule has 1 aromatic heterocycles. The Labute approximate surface area is 108 Å². The number of anilines is 2. The number of benzene rings is 1. The number of nitrogens with one attached hydrogen (secondary N) is 3. The fourth-order valence-corrected chi connectivity index (χ4v) is 1.52. The molecule has 90 valence electrons. The van der Waals surface area contributed by atoms with Crippen molar-refractivity contribution in [1.82, 2.24) is 10.2 Å². The Balaban J connectivity index is 2.03. The van der Waals surface area contributed by atoms with Gasteiger partial charge in [-0.15, -0.1) is 0 Å². The number of nitrogens with zero attached hydrogens (tertiary/aromatic N) is 2.